The number of carbonyl (C=O) groups excluding carboxylic acids is 1. The van der Waals surface area contributed by atoms with Crippen LogP contribution in [0.5, 0.6) is 0 Å². The third-order valence-electron chi connectivity index (χ3n) is 1.54. The Bertz CT molecular complexity index is 408. The number of nitrogens with zero attached hydrogens (tertiary/aromatic N) is 2. The lowest BCUT2D eigenvalue weighted by Crippen LogP contribution is -2.09. The van der Waals surface area contributed by atoms with Crippen LogP contribution in [0.3, 0.4) is 0 Å². The second-order valence-electron chi connectivity index (χ2n) is 2.57. The molecular formula is C10H7N3O. The van der Waals surface area contributed by atoms with Gasteiger partial charge in [0.25, 0.3) is 0 Å². The summed E-state index contributed by atoms with van der Waals surface area (Å²) in [4.78, 5) is 11.0. The van der Waals surface area contributed by atoms with E-state index in [4.69, 9.17) is 10.5 Å². The molecule has 0 aliphatic heterocycles. The lowest BCUT2D eigenvalue weighted by Gasteiger charge is -2.01. The van der Waals surface area contributed by atoms with Gasteiger partial charge in [-0.05, 0) is 24.3 Å². The van der Waals surface area contributed by atoms with Crippen LogP contribution in [0.4, 0.5) is 5.69 Å². The molecule has 0 aromatic heterocycles. The van der Waals surface area contributed by atoms with Gasteiger partial charge in [0.1, 0.15) is 6.42 Å². The van der Waals surface area contributed by atoms with E-state index < -0.39 is 0 Å². The van der Waals surface area contributed by atoms with Gasteiger partial charge < -0.3 is 5.32 Å². The summed E-state index contributed by atoms with van der Waals surface area (Å²) in [5, 5.41) is 19.3. The van der Waals surface area contributed by atoms with Gasteiger partial charge in [-0.1, -0.05) is 0 Å². The molecule has 68 valence electrons. The predicted octanol–water partition coefficient (Wildman–Crippen LogP) is 1.41. The van der Waals surface area contributed by atoms with E-state index in [-0.39, 0.29) is 12.3 Å². The van der Waals surface area contributed by atoms with E-state index in [0.29, 0.717) is 11.3 Å². The molecule has 0 saturated heterocycles. The molecule has 1 aromatic rings. The molecule has 4 heteroatoms. The Kier molecular flexibility index (Phi) is 3.23. The number of hydrogen-bond donors (Lipinski definition) is 1. The molecule has 4 nitrogen and oxygen atoms in total. The summed E-state index contributed by atoms with van der Waals surface area (Å²) in [7, 11) is 0. The summed E-state index contributed by atoms with van der Waals surface area (Å²) < 4.78 is 0. The molecule has 0 saturated carbocycles. The summed E-state index contributed by atoms with van der Waals surface area (Å²) in [6.07, 6.45) is -0.167. The zero-order valence-corrected chi connectivity index (χ0v) is 7.32. The maximum atomic E-state index is 11.0. The highest BCUT2D eigenvalue weighted by molar-refractivity contribution is 5.92. The highest BCUT2D eigenvalue weighted by Gasteiger charge is 2.00. The van der Waals surface area contributed by atoms with E-state index in [2.05, 4.69) is 5.32 Å². The molecule has 1 N–H and O–H groups in total. The van der Waals surface area contributed by atoms with Gasteiger partial charge in [0.15, 0.2) is 0 Å². The van der Waals surface area contributed by atoms with Crippen LogP contribution in [0.15, 0.2) is 24.3 Å². The van der Waals surface area contributed by atoms with Crippen LogP contribution in [0.1, 0.15) is 12.0 Å². The fraction of sp³-hybridized carbons (Fsp3) is 0.100. The normalized spacial score (nSPS) is 8.43. The minimum atomic E-state index is -0.350. The van der Waals surface area contributed by atoms with Crippen LogP contribution in [0.25, 0.3) is 0 Å². The van der Waals surface area contributed by atoms with E-state index in [1.807, 2.05) is 6.07 Å². The highest BCUT2D eigenvalue weighted by atomic mass is 16.1. The Hall–Kier alpha value is -2.33. The summed E-state index contributed by atoms with van der Waals surface area (Å²) in [5.74, 6) is -0.350. The fourth-order valence-electron chi connectivity index (χ4n) is 0.905. The van der Waals surface area contributed by atoms with Gasteiger partial charge in [-0.3, -0.25) is 4.79 Å². The number of rotatable bonds is 2. The molecule has 0 spiro atoms. The molecule has 1 rings (SSSR count). The number of carbonyl (C=O) groups is 1. The third kappa shape index (κ3) is 2.62. The molecule has 1 aromatic carbocycles. The second-order valence-corrected chi connectivity index (χ2v) is 2.57. The van der Waals surface area contributed by atoms with E-state index >= 15 is 0 Å². The summed E-state index contributed by atoms with van der Waals surface area (Å²) in [6.45, 7) is 0. The van der Waals surface area contributed by atoms with Crippen molar-refractivity contribution in [1.29, 1.82) is 10.5 Å². The maximum Gasteiger partial charge on any atom is 0.238 e. The average molecular weight is 185 g/mol. The van der Waals surface area contributed by atoms with Crippen LogP contribution >= 0.6 is 0 Å². The molecular weight excluding hydrogens is 178 g/mol. The number of benzene rings is 1. The van der Waals surface area contributed by atoms with Crippen LogP contribution in [-0.2, 0) is 4.79 Å². The Labute approximate surface area is 81.4 Å². The first-order valence-electron chi connectivity index (χ1n) is 3.93. The molecule has 0 fully saturated rings. The van der Waals surface area contributed by atoms with Crippen molar-refractivity contribution < 1.29 is 4.79 Å². The molecule has 0 aliphatic carbocycles. The van der Waals surface area contributed by atoms with Gasteiger partial charge in [0, 0.05) is 5.69 Å². The van der Waals surface area contributed by atoms with E-state index in [1.54, 1.807) is 30.3 Å². The number of hydrogen-bond acceptors (Lipinski definition) is 3. The number of anilines is 1. The zero-order valence-electron chi connectivity index (χ0n) is 7.32. The minimum absolute atomic E-state index is 0.167. The van der Waals surface area contributed by atoms with Crippen molar-refractivity contribution in [1.82, 2.24) is 0 Å². The monoisotopic (exact) mass is 185 g/mol. The molecule has 1 amide bonds. The van der Waals surface area contributed by atoms with E-state index in [0.717, 1.165) is 0 Å². The Morgan fingerprint density at radius 3 is 2.43 bits per heavy atom. The zero-order chi connectivity index (χ0) is 10.4. The Morgan fingerprint density at radius 1 is 1.29 bits per heavy atom. The van der Waals surface area contributed by atoms with Crippen molar-refractivity contribution in [2.75, 3.05) is 5.32 Å². The predicted molar refractivity (Wildman–Crippen MR) is 50.0 cm³/mol. The van der Waals surface area contributed by atoms with Crippen LogP contribution in [0, 0.1) is 22.7 Å². The molecule has 0 heterocycles. The van der Waals surface area contributed by atoms with Gasteiger partial charge in [0.2, 0.25) is 5.91 Å². The average Bonchev–Trinajstić information content (AvgIpc) is 2.19. The topological polar surface area (TPSA) is 76.7 Å². The molecule has 0 aliphatic rings. The third-order valence-corrected chi connectivity index (χ3v) is 1.54. The fourth-order valence-corrected chi connectivity index (χ4v) is 0.905. The number of amides is 1. The smallest absolute Gasteiger partial charge is 0.238 e. The first-order chi connectivity index (χ1) is 6.76. The van der Waals surface area contributed by atoms with Crippen molar-refractivity contribution in [2.45, 2.75) is 6.42 Å². The van der Waals surface area contributed by atoms with Crippen molar-refractivity contribution in [2.24, 2.45) is 0 Å². The summed E-state index contributed by atoms with van der Waals surface area (Å²) in [6, 6.07) is 10.1. The van der Waals surface area contributed by atoms with Gasteiger partial charge in [-0.15, -0.1) is 0 Å². The Morgan fingerprint density at radius 2 is 1.93 bits per heavy atom. The quantitative estimate of drug-likeness (QED) is 0.756. The SMILES string of the molecule is N#CCC(=O)Nc1ccc(C#N)cc1. The maximum absolute atomic E-state index is 11.0. The Balaban J connectivity index is 2.66. The molecule has 0 unspecified atom stereocenters. The van der Waals surface area contributed by atoms with Crippen molar-refractivity contribution in [3.05, 3.63) is 29.8 Å². The summed E-state index contributed by atoms with van der Waals surface area (Å²) in [5.41, 5.74) is 1.12. The number of nitrogens with one attached hydrogen (secondary N) is 1. The lowest BCUT2D eigenvalue weighted by molar-refractivity contribution is -0.115. The van der Waals surface area contributed by atoms with Gasteiger partial charge in [0.05, 0.1) is 17.7 Å². The van der Waals surface area contributed by atoms with Crippen LogP contribution in [0.2, 0.25) is 0 Å². The van der Waals surface area contributed by atoms with Gasteiger partial charge in [-0.2, -0.15) is 10.5 Å². The van der Waals surface area contributed by atoms with Crippen LogP contribution < -0.4 is 5.32 Å². The van der Waals surface area contributed by atoms with Gasteiger partial charge in [-0.25, -0.2) is 0 Å². The van der Waals surface area contributed by atoms with Crippen molar-refractivity contribution >= 4 is 11.6 Å². The largest absolute Gasteiger partial charge is 0.325 e. The highest BCUT2D eigenvalue weighted by Crippen LogP contribution is 2.08. The standard InChI is InChI=1S/C10H7N3O/c11-6-5-10(14)13-9-3-1-8(7-12)2-4-9/h1-4H,5H2,(H,13,14). The molecule has 0 radical (unpaired) electrons. The van der Waals surface area contributed by atoms with Crippen molar-refractivity contribution in [3.8, 4) is 12.1 Å². The van der Waals surface area contributed by atoms with E-state index in [9.17, 15) is 4.79 Å². The first kappa shape index (κ1) is 9.76. The number of nitriles is 2. The molecule has 14 heavy (non-hydrogen) atoms. The lowest BCUT2D eigenvalue weighted by atomic mass is 10.2. The van der Waals surface area contributed by atoms with Gasteiger partial charge >= 0.3 is 0 Å². The summed E-state index contributed by atoms with van der Waals surface area (Å²) >= 11 is 0. The van der Waals surface area contributed by atoms with E-state index in [1.165, 1.54) is 0 Å². The second kappa shape index (κ2) is 4.64. The molecule has 0 atom stereocenters. The minimum Gasteiger partial charge on any atom is -0.325 e. The first-order valence-corrected chi connectivity index (χ1v) is 3.93. The molecule has 0 bridgehead atoms. The van der Waals surface area contributed by atoms with Crippen molar-refractivity contribution in [3.63, 3.8) is 0 Å². The van der Waals surface area contributed by atoms with Crippen LogP contribution in [-0.4, -0.2) is 5.91 Å².